The van der Waals surface area contributed by atoms with E-state index in [4.69, 9.17) is 9.47 Å². The van der Waals surface area contributed by atoms with Crippen molar-refractivity contribution in [3.05, 3.63) is 22.2 Å². The Hall–Kier alpha value is -0.780. The molecule has 2 rings (SSSR count). The molecule has 2 N–H and O–H groups in total. The minimum atomic E-state index is -0.0228. The Bertz CT molecular complexity index is 467. The van der Waals surface area contributed by atoms with Gasteiger partial charge < -0.3 is 19.9 Å². The van der Waals surface area contributed by atoms with Crippen molar-refractivity contribution in [3.63, 3.8) is 0 Å². The molecule has 21 heavy (non-hydrogen) atoms. The van der Waals surface area contributed by atoms with Gasteiger partial charge in [0.25, 0.3) is 0 Å². The van der Waals surface area contributed by atoms with Crippen LogP contribution in [0.3, 0.4) is 0 Å². The second kappa shape index (κ2) is 7.47. The second-order valence-corrected chi connectivity index (χ2v) is 6.42. The second-order valence-electron chi connectivity index (χ2n) is 5.57. The predicted molar refractivity (Wildman–Crippen MR) is 86.9 cm³/mol. The molecule has 0 unspecified atom stereocenters. The van der Waals surface area contributed by atoms with Gasteiger partial charge in [0.2, 0.25) is 0 Å². The highest BCUT2D eigenvalue weighted by Crippen LogP contribution is 2.38. The first-order valence-corrected chi connectivity index (χ1v) is 8.33. The van der Waals surface area contributed by atoms with Crippen LogP contribution in [0.2, 0.25) is 0 Å². The summed E-state index contributed by atoms with van der Waals surface area (Å²) in [6, 6.07) is 4.07. The lowest BCUT2D eigenvalue weighted by Gasteiger charge is -2.29. The van der Waals surface area contributed by atoms with E-state index in [0.717, 1.165) is 47.5 Å². The van der Waals surface area contributed by atoms with Crippen LogP contribution >= 0.6 is 15.9 Å². The average molecular weight is 358 g/mol. The number of benzene rings is 1. The summed E-state index contributed by atoms with van der Waals surface area (Å²) >= 11 is 3.53. The molecule has 1 aromatic carbocycles. The van der Waals surface area contributed by atoms with E-state index in [2.05, 4.69) is 41.2 Å². The zero-order valence-corrected chi connectivity index (χ0v) is 14.3. The molecule has 1 aromatic rings. The summed E-state index contributed by atoms with van der Waals surface area (Å²) in [6.07, 6.45) is 1.94. The van der Waals surface area contributed by atoms with Crippen LogP contribution in [0, 0.1) is 5.41 Å². The number of hydrogen-bond donors (Lipinski definition) is 2. The Balaban J connectivity index is 1.99. The van der Waals surface area contributed by atoms with E-state index in [1.54, 1.807) is 0 Å². The van der Waals surface area contributed by atoms with Gasteiger partial charge in [-0.15, -0.1) is 0 Å². The fourth-order valence-electron chi connectivity index (χ4n) is 2.52. The lowest BCUT2D eigenvalue weighted by molar-refractivity contribution is 0.113. The maximum absolute atomic E-state index is 9.59. The summed E-state index contributed by atoms with van der Waals surface area (Å²) in [7, 11) is 0. The van der Waals surface area contributed by atoms with E-state index in [1.807, 2.05) is 6.07 Å². The molecule has 118 valence electrons. The van der Waals surface area contributed by atoms with Gasteiger partial charge in [0.15, 0.2) is 11.5 Å². The SMILES string of the molecule is CCC(CC)(CO)CNCc1cc(Br)c2c(c1)OCCO2. The maximum Gasteiger partial charge on any atom is 0.175 e. The molecule has 0 aromatic heterocycles. The van der Waals surface area contributed by atoms with E-state index in [-0.39, 0.29) is 12.0 Å². The average Bonchev–Trinajstić information content (AvgIpc) is 2.52. The molecule has 0 saturated heterocycles. The van der Waals surface area contributed by atoms with Crippen LogP contribution in [-0.4, -0.2) is 31.5 Å². The molecular formula is C16H24BrNO3. The van der Waals surface area contributed by atoms with Crippen LogP contribution < -0.4 is 14.8 Å². The molecule has 1 heterocycles. The molecule has 0 atom stereocenters. The molecule has 5 heteroatoms. The number of aliphatic hydroxyl groups is 1. The third-order valence-electron chi connectivity index (χ3n) is 4.32. The zero-order chi connectivity index (χ0) is 15.3. The van der Waals surface area contributed by atoms with Gasteiger partial charge in [0, 0.05) is 25.1 Å². The summed E-state index contributed by atoms with van der Waals surface area (Å²) in [5.74, 6) is 1.59. The van der Waals surface area contributed by atoms with Crippen molar-refractivity contribution in [2.75, 3.05) is 26.4 Å². The first-order chi connectivity index (χ1) is 10.1. The molecule has 0 fully saturated rings. The van der Waals surface area contributed by atoms with Crippen molar-refractivity contribution in [2.24, 2.45) is 5.41 Å². The topological polar surface area (TPSA) is 50.7 Å². The molecule has 4 nitrogen and oxygen atoms in total. The van der Waals surface area contributed by atoms with E-state index >= 15 is 0 Å². The minimum Gasteiger partial charge on any atom is -0.486 e. The number of halogens is 1. The standard InChI is InChI=1S/C16H24BrNO3/c1-3-16(4-2,11-19)10-18-9-12-7-13(17)15-14(8-12)20-5-6-21-15/h7-8,18-19H,3-6,9-11H2,1-2H3. The van der Waals surface area contributed by atoms with E-state index in [0.29, 0.717) is 13.2 Å². The lowest BCUT2D eigenvalue weighted by Crippen LogP contribution is -2.36. The Morgan fingerprint density at radius 3 is 2.62 bits per heavy atom. The normalized spacial score (nSPS) is 14.3. The van der Waals surface area contributed by atoms with Gasteiger partial charge in [-0.2, -0.15) is 0 Å². The largest absolute Gasteiger partial charge is 0.486 e. The number of nitrogens with one attached hydrogen (secondary N) is 1. The molecular weight excluding hydrogens is 334 g/mol. The van der Waals surface area contributed by atoms with Gasteiger partial charge in [-0.3, -0.25) is 0 Å². The lowest BCUT2D eigenvalue weighted by atomic mass is 9.83. The van der Waals surface area contributed by atoms with Crippen LogP contribution in [0.25, 0.3) is 0 Å². The quantitative estimate of drug-likeness (QED) is 0.787. The van der Waals surface area contributed by atoms with Crippen molar-refractivity contribution in [1.29, 1.82) is 0 Å². The number of ether oxygens (including phenoxy) is 2. The number of hydrogen-bond acceptors (Lipinski definition) is 4. The summed E-state index contributed by atoms with van der Waals surface area (Å²) in [5, 5.41) is 13.0. The van der Waals surface area contributed by atoms with E-state index in [9.17, 15) is 5.11 Å². The number of aliphatic hydroxyl groups excluding tert-OH is 1. The molecule has 0 aliphatic carbocycles. The van der Waals surface area contributed by atoms with Gasteiger partial charge in [0.1, 0.15) is 13.2 Å². The van der Waals surface area contributed by atoms with Gasteiger partial charge in [0.05, 0.1) is 4.47 Å². The van der Waals surface area contributed by atoms with Gasteiger partial charge >= 0.3 is 0 Å². The van der Waals surface area contributed by atoms with Crippen molar-refractivity contribution in [1.82, 2.24) is 5.32 Å². The molecule has 0 bridgehead atoms. The Morgan fingerprint density at radius 1 is 1.24 bits per heavy atom. The van der Waals surface area contributed by atoms with Crippen molar-refractivity contribution < 1.29 is 14.6 Å². The molecule has 0 amide bonds. The van der Waals surface area contributed by atoms with Gasteiger partial charge in [-0.05, 0) is 46.5 Å². The van der Waals surface area contributed by atoms with Crippen LogP contribution in [0.4, 0.5) is 0 Å². The highest BCUT2D eigenvalue weighted by molar-refractivity contribution is 9.10. The zero-order valence-electron chi connectivity index (χ0n) is 12.7. The fraction of sp³-hybridized carbons (Fsp3) is 0.625. The highest BCUT2D eigenvalue weighted by atomic mass is 79.9. The number of fused-ring (bicyclic) bond motifs is 1. The summed E-state index contributed by atoms with van der Waals surface area (Å²) < 4.78 is 12.2. The summed E-state index contributed by atoms with van der Waals surface area (Å²) in [4.78, 5) is 0. The number of rotatable bonds is 7. The Kier molecular flexibility index (Phi) is 5.90. The third kappa shape index (κ3) is 3.90. The molecule has 0 radical (unpaired) electrons. The first-order valence-electron chi connectivity index (χ1n) is 7.53. The maximum atomic E-state index is 9.59. The highest BCUT2D eigenvalue weighted by Gasteiger charge is 2.24. The van der Waals surface area contributed by atoms with E-state index in [1.165, 1.54) is 0 Å². The van der Waals surface area contributed by atoms with Crippen LogP contribution in [-0.2, 0) is 6.54 Å². The van der Waals surface area contributed by atoms with Crippen molar-refractivity contribution >= 4 is 15.9 Å². The smallest absolute Gasteiger partial charge is 0.175 e. The van der Waals surface area contributed by atoms with Gasteiger partial charge in [-0.1, -0.05) is 13.8 Å². The monoisotopic (exact) mass is 357 g/mol. The Labute approximate surface area is 135 Å². The molecule has 1 aliphatic heterocycles. The molecule has 0 saturated carbocycles. The predicted octanol–water partition coefficient (Wildman–Crippen LogP) is 3.11. The van der Waals surface area contributed by atoms with Crippen molar-refractivity contribution in [3.8, 4) is 11.5 Å². The molecule has 1 aliphatic rings. The summed E-state index contributed by atoms with van der Waals surface area (Å²) in [6.45, 7) is 7.21. The summed E-state index contributed by atoms with van der Waals surface area (Å²) in [5.41, 5.74) is 1.12. The van der Waals surface area contributed by atoms with Gasteiger partial charge in [-0.25, -0.2) is 0 Å². The minimum absolute atomic E-state index is 0.0228. The molecule has 0 spiro atoms. The Morgan fingerprint density at radius 2 is 1.95 bits per heavy atom. The fourth-order valence-corrected chi connectivity index (χ4v) is 3.12. The van der Waals surface area contributed by atoms with Crippen LogP contribution in [0.1, 0.15) is 32.3 Å². The first kappa shape index (κ1) is 16.6. The van der Waals surface area contributed by atoms with Crippen LogP contribution in [0.15, 0.2) is 16.6 Å². The van der Waals surface area contributed by atoms with Crippen molar-refractivity contribution in [2.45, 2.75) is 33.2 Å². The van der Waals surface area contributed by atoms with Crippen LogP contribution in [0.5, 0.6) is 11.5 Å². The third-order valence-corrected chi connectivity index (χ3v) is 4.91. The van der Waals surface area contributed by atoms with E-state index < -0.39 is 0 Å².